The smallest absolute Gasteiger partial charge is 0.161 e. The van der Waals surface area contributed by atoms with Gasteiger partial charge in [-0.3, -0.25) is 0 Å². The molecule has 18 heavy (non-hydrogen) atoms. The lowest BCUT2D eigenvalue weighted by molar-refractivity contribution is 0.287. The maximum absolute atomic E-state index is 6.21. The van der Waals surface area contributed by atoms with Gasteiger partial charge in [0.15, 0.2) is 11.5 Å². The van der Waals surface area contributed by atoms with E-state index < -0.39 is 0 Å². The molecule has 0 fully saturated rings. The molecular weight excluding hydrogens is 226 g/mol. The Labute approximate surface area is 109 Å². The Bertz CT molecular complexity index is 440. The minimum Gasteiger partial charge on any atom is -0.490 e. The van der Waals surface area contributed by atoms with Gasteiger partial charge in [0.05, 0.1) is 13.2 Å². The largest absolute Gasteiger partial charge is 0.490 e. The summed E-state index contributed by atoms with van der Waals surface area (Å²) in [4.78, 5) is 0. The van der Waals surface area contributed by atoms with Crippen LogP contribution in [0, 0.1) is 0 Å². The highest BCUT2D eigenvalue weighted by atomic mass is 16.5. The monoisotopic (exact) mass is 249 g/mol. The molecule has 2 N–H and O–H groups in total. The Balaban J connectivity index is 2.50. The molecule has 0 aromatic heterocycles. The first-order chi connectivity index (χ1) is 8.49. The van der Waals surface area contributed by atoms with Crippen LogP contribution in [0.15, 0.2) is 12.1 Å². The van der Waals surface area contributed by atoms with Crippen molar-refractivity contribution in [2.24, 2.45) is 5.73 Å². The first kappa shape index (κ1) is 13.2. The van der Waals surface area contributed by atoms with E-state index in [0.29, 0.717) is 13.2 Å². The average Bonchev–Trinajstić information content (AvgIpc) is 2.51. The maximum Gasteiger partial charge on any atom is 0.161 e. The van der Waals surface area contributed by atoms with Crippen molar-refractivity contribution in [3.63, 3.8) is 0 Å². The SMILES string of the molecule is CCOc1cc2c(cc1OCC)C(C)(C)C[C@H]2N. The Morgan fingerprint density at radius 2 is 1.72 bits per heavy atom. The molecule has 1 aliphatic carbocycles. The van der Waals surface area contributed by atoms with Crippen molar-refractivity contribution in [3.8, 4) is 11.5 Å². The summed E-state index contributed by atoms with van der Waals surface area (Å²) in [6, 6.07) is 4.27. The third kappa shape index (κ3) is 2.19. The lowest BCUT2D eigenvalue weighted by Crippen LogP contribution is -2.14. The van der Waals surface area contributed by atoms with Gasteiger partial charge in [-0.05, 0) is 48.9 Å². The van der Waals surface area contributed by atoms with Crippen molar-refractivity contribution < 1.29 is 9.47 Å². The molecule has 1 aromatic rings. The number of rotatable bonds is 4. The van der Waals surface area contributed by atoms with Gasteiger partial charge < -0.3 is 15.2 Å². The number of fused-ring (bicyclic) bond motifs is 1. The third-order valence-corrected chi connectivity index (χ3v) is 3.57. The molecule has 0 saturated heterocycles. The van der Waals surface area contributed by atoms with E-state index in [-0.39, 0.29) is 11.5 Å². The van der Waals surface area contributed by atoms with E-state index >= 15 is 0 Å². The van der Waals surface area contributed by atoms with E-state index in [9.17, 15) is 0 Å². The van der Waals surface area contributed by atoms with Gasteiger partial charge in [0, 0.05) is 6.04 Å². The van der Waals surface area contributed by atoms with E-state index in [1.165, 1.54) is 11.1 Å². The molecule has 1 aromatic carbocycles. The van der Waals surface area contributed by atoms with Crippen molar-refractivity contribution in [2.45, 2.75) is 45.6 Å². The van der Waals surface area contributed by atoms with Crippen molar-refractivity contribution >= 4 is 0 Å². The molecule has 0 saturated carbocycles. The first-order valence-electron chi connectivity index (χ1n) is 6.69. The highest BCUT2D eigenvalue weighted by Gasteiger charge is 2.36. The van der Waals surface area contributed by atoms with Crippen LogP contribution < -0.4 is 15.2 Å². The second-order valence-electron chi connectivity index (χ2n) is 5.45. The van der Waals surface area contributed by atoms with Crippen molar-refractivity contribution in [2.75, 3.05) is 13.2 Å². The molecule has 0 bridgehead atoms. The molecule has 100 valence electrons. The lowest BCUT2D eigenvalue weighted by atomic mass is 9.86. The molecule has 1 aliphatic rings. The van der Waals surface area contributed by atoms with Crippen LogP contribution in [0.2, 0.25) is 0 Å². The van der Waals surface area contributed by atoms with E-state index in [4.69, 9.17) is 15.2 Å². The Morgan fingerprint density at radius 3 is 2.28 bits per heavy atom. The summed E-state index contributed by atoms with van der Waals surface area (Å²) in [5.74, 6) is 1.64. The number of benzene rings is 1. The summed E-state index contributed by atoms with van der Waals surface area (Å²) in [6.45, 7) is 9.71. The second-order valence-corrected chi connectivity index (χ2v) is 5.45. The van der Waals surface area contributed by atoms with Gasteiger partial charge in [-0.2, -0.15) is 0 Å². The van der Waals surface area contributed by atoms with Gasteiger partial charge in [-0.15, -0.1) is 0 Å². The summed E-state index contributed by atoms with van der Waals surface area (Å²) < 4.78 is 11.3. The zero-order chi connectivity index (χ0) is 13.3. The number of hydrogen-bond donors (Lipinski definition) is 1. The molecular formula is C15H23NO2. The van der Waals surface area contributed by atoms with Crippen molar-refractivity contribution in [1.29, 1.82) is 0 Å². The van der Waals surface area contributed by atoms with Crippen LogP contribution in [0.1, 0.15) is 51.3 Å². The summed E-state index contributed by atoms with van der Waals surface area (Å²) >= 11 is 0. The standard InChI is InChI=1S/C15H23NO2/c1-5-17-13-7-10-11(8-14(13)18-6-2)15(3,4)9-12(10)16/h7-8,12H,5-6,9,16H2,1-4H3/t12-/m1/s1. The summed E-state index contributed by atoms with van der Waals surface area (Å²) in [5, 5.41) is 0. The van der Waals surface area contributed by atoms with Gasteiger partial charge in [-0.25, -0.2) is 0 Å². The van der Waals surface area contributed by atoms with Crippen molar-refractivity contribution in [1.82, 2.24) is 0 Å². The van der Waals surface area contributed by atoms with E-state index in [1.54, 1.807) is 0 Å². The normalized spacial score (nSPS) is 20.6. The lowest BCUT2D eigenvalue weighted by Gasteiger charge is -2.20. The van der Waals surface area contributed by atoms with E-state index in [0.717, 1.165) is 17.9 Å². The molecule has 3 heteroatoms. The molecule has 0 aliphatic heterocycles. The molecule has 0 unspecified atom stereocenters. The fourth-order valence-corrected chi connectivity index (χ4v) is 2.77. The number of ether oxygens (including phenoxy) is 2. The Hall–Kier alpha value is -1.22. The van der Waals surface area contributed by atoms with Crippen LogP contribution in [0.25, 0.3) is 0 Å². The highest BCUT2D eigenvalue weighted by Crippen LogP contribution is 2.47. The topological polar surface area (TPSA) is 44.5 Å². The first-order valence-corrected chi connectivity index (χ1v) is 6.69. The van der Waals surface area contributed by atoms with E-state index in [2.05, 4.69) is 26.0 Å². The minimum atomic E-state index is 0.102. The Kier molecular flexibility index (Phi) is 3.53. The fourth-order valence-electron chi connectivity index (χ4n) is 2.77. The minimum absolute atomic E-state index is 0.102. The zero-order valence-electron chi connectivity index (χ0n) is 11.7. The summed E-state index contributed by atoms with van der Waals surface area (Å²) in [5.41, 5.74) is 8.83. The quantitative estimate of drug-likeness (QED) is 0.891. The molecule has 1 atom stereocenters. The van der Waals surface area contributed by atoms with Gasteiger partial charge in [0.25, 0.3) is 0 Å². The summed E-state index contributed by atoms with van der Waals surface area (Å²) in [7, 11) is 0. The molecule has 0 radical (unpaired) electrons. The Morgan fingerprint density at radius 1 is 1.17 bits per heavy atom. The van der Waals surface area contributed by atoms with Gasteiger partial charge in [0.2, 0.25) is 0 Å². The highest BCUT2D eigenvalue weighted by molar-refractivity contribution is 5.53. The van der Waals surface area contributed by atoms with Crippen LogP contribution in [0.5, 0.6) is 11.5 Å². The summed E-state index contributed by atoms with van der Waals surface area (Å²) in [6.07, 6.45) is 0.976. The van der Waals surface area contributed by atoms with Crippen molar-refractivity contribution in [3.05, 3.63) is 23.3 Å². The van der Waals surface area contributed by atoms with Gasteiger partial charge >= 0.3 is 0 Å². The molecule has 2 rings (SSSR count). The fraction of sp³-hybridized carbons (Fsp3) is 0.600. The zero-order valence-corrected chi connectivity index (χ0v) is 11.7. The third-order valence-electron chi connectivity index (χ3n) is 3.57. The van der Waals surface area contributed by atoms with Gasteiger partial charge in [-0.1, -0.05) is 13.8 Å². The van der Waals surface area contributed by atoms with E-state index in [1.807, 2.05) is 13.8 Å². The molecule has 0 amide bonds. The molecule has 3 nitrogen and oxygen atoms in total. The second kappa shape index (κ2) is 4.81. The maximum atomic E-state index is 6.21. The average molecular weight is 249 g/mol. The predicted molar refractivity (Wildman–Crippen MR) is 73.4 cm³/mol. The van der Waals surface area contributed by atoms with Crippen LogP contribution in [0.4, 0.5) is 0 Å². The van der Waals surface area contributed by atoms with Crippen LogP contribution in [-0.4, -0.2) is 13.2 Å². The van der Waals surface area contributed by atoms with Crippen LogP contribution in [0.3, 0.4) is 0 Å². The van der Waals surface area contributed by atoms with Crippen LogP contribution >= 0.6 is 0 Å². The molecule has 0 heterocycles. The molecule has 0 spiro atoms. The number of nitrogens with two attached hydrogens (primary N) is 1. The number of hydrogen-bond acceptors (Lipinski definition) is 3. The van der Waals surface area contributed by atoms with Gasteiger partial charge in [0.1, 0.15) is 0 Å². The van der Waals surface area contributed by atoms with Crippen LogP contribution in [-0.2, 0) is 5.41 Å². The predicted octanol–water partition coefficient (Wildman–Crippen LogP) is 3.17.